The van der Waals surface area contributed by atoms with E-state index in [-0.39, 0.29) is 11.7 Å². The predicted octanol–water partition coefficient (Wildman–Crippen LogP) is 3.28. The standard InChI is InChI=1S/C19H28ClFN2O4/c1-19(2,3)27-18(26)22-10-5-4-9-15(16(24)12-20)23-17(25)13-7-6-8-14(21)11-13/h6-8,11,15,17,23,25H,4-5,9-10,12H2,1-3H3,(H,22,26)/t15-,17?/m0/s1. The molecule has 0 saturated heterocycles. The number of unbranched alkanes of at least 4 members (excludes halogenated alkanes) is 1. The number of alkyl carbamates (subject to hydrolysis) is 1. The van der Waals surface area contributed by atoms with E-state index in [0.29, 0.717) is 31.4 Å². The van der Waals surface area contributed by atoms with Crippen molar-refractivity contribution in [3.8, 4) is 0 Å². The van der Waals surface area contributed by atoms with Crippen LogP contribution in [0.3, 0.4) is 0 Å². The van der Waals surface area contributed by atoms with Crippen LogP contribution in [0, 0.1) is 5.82 Å². The van der Waals surface area contributed by atoms with Crippen LogP contribution in [0.4, 0.5) is 9.18 Å². The lowest BCUT2D eigenvalue weighted by Gasteiger charge is -2.22. The molecule has 1 unspecified atom stereocenters. The molecule has 3 N–H and O–H groups in total. The molecule has 0 heterocycles. The molecule has 0 aliphatic heterocycles. The predicted molar refractivity (Wildman–Crippen MR) is 102 cm³/mol. The van der Waals surface area contributed by atoms with Crippen LogP contribution >= 0.6 is 11.6 Å². The number of ether oxygens (including phenoxy) is 1. The number of aliphatic hydroxyl groups excluding tert-OH is 1. The molecule has 1 aromatic rings. The maximum Gasteiger partial charge on any atom is 0.407 e. The molecule has 0 aliphatic carbocycles. The molecule has 0 radical (unpaired) electrons. The van der Waals surface area contributed by atoms with Gasteiger partial charge < -0.3 is 15.2 Å². The number of aliphatic hydroxyl groups is 1. The van der Waals surface area contributed by atoms with Gasteiger partial charge in [-0.2, -0.15) is 0 Å². The molecule has 0 aliphatic rings. The van der Waals surface area contributed by atoms with Crippen molar-refractivity contribution in [2.75, 3.05) is 12.4 Å². The number of carbonyl (C=O) groups is 2. The van der Waals surface area contributed by atoms with Gasteiger partial charge in [0.15, 0.2) is 5.78 Å². The van der Waals surface area contributed by atoms with Gasteiger partial charge in [0, 0.05) is 6.54 Å². The second-order valence-corrected chi connectivity index (χ2v) is 7.47. The molecule has 0 saturated carbocycles. The van der Waals surface area contributed by atoms with Crippen LogP contribution in [0.15, 0.2) is 24.3 Å². The van der Waals surface area contributed by atoms with Crippen molar-refractivity contribution in [3.63, 3.8) is 0 Å². The van der Waals surface area contributed by atoms with Crippen LogP contribution in [-0.2, 0) is 9.53 Å². The maximum absolute atomic E-state index is 13.3. The lowest BCUT2D eigenvalue weighted by atomic mass is 10.0. The molecule has 0 aromatic heterocycles. The number of alkyl halides is 1. The number of ketones is 1. The third-order valence-electron chi connectivity index (χ3n) is 3.63. The second-order valence-electron chi connectivity index (χ2n) is 7.20. The molecule has 1 aromatic carbocycles. The number of halogens is 2. The highest BCUT2D eigenvalue weighted by Gasteiger charge is 2.21. The Morgan fingerprint density at radius 3 is 2.59 bits per heavy atom. The SMILES string of the molecule is CC(C)(C)OC(=O)NCCCC[C@H](NC(O)c1cccc(F)c1)C(=O)CCl. The first kappa shape index (κ1) is 23.3. The van der Waals surface area contributed by atoms with Crippen molar-refractivity contribution < 1.29 is 23.8 Å². The maximum atomic E-state index is 13.3. The minimum atomic E-state index is -1.18. The highest BCUT2D eigenvalue weighted by atomic mass is 35.5. The Labute approximate surface area is 164 Å². The van der Waals surface area contributed by atoms with E-state index >= 15 is 0 Å². The topological polar surface area (TPSA) is 87.7 Å². The van der Waals surface area contributed by atoms with Crippen molar-refractivity contribution >= 4 is 23.5 Å². The molecular formula is C19H28ClFN2O4. The molecule has 1 amide bonds. The van der Waals surface area contributed by atoms with E-state index in [9.17, 15) is 19.1 Å². The lowest BCUT2D eigenvalue weighted by molar-refractivity contribution is -0.119. The first-order valence-electron chi connectivity index (χ1n) is 8.87. The van der Waals surface area contributed by atoms with Crippen molar-refractivity contribution in [2.24, 2.45) is 0 Å². The molecule has 1 rings (SSSR count). The molecule has 152 valence electrons. The number of Topliss-reactive ketones (excluding diaryl/α,β-unsaturated/α-hetero) is 1. The fourth-order valence-electron chi connectivity index (χ4n) is 2.37. The number of hydrogen-bond acceptors (Lipinski definition) is 5. The summed E-state index contributed by atoms with van der Waals surface area (Å²) >= 11 is 5.64. The first-order chi connectivity index (χ1) is 12.6. The van der Waals surface area contributed by atoms with E-state index in [1.807, 2.05) is 0 Å². The average molecular weight is 403 g/mol. The Morgan fingerprint density at radius 2 is 2.00 bits per heavy atom. The summed E-state index contributed by atoms with van der Waals surface area (Å²) < 4.78 is 18.4. The van der Waals surface area contributed by atoms with Gasteiger partial charge in [0.1, 0.15) is 17.6 Å². The quantitative estimate of drug-likeness (QED) is 0.317. The van der Waals surface area contributed by atoms with E-state index in [1.165, 1.54) is 18.2 Å². The van der Waals surface area contributed by atoms with Gasteiger partial charge in [-0.3, -0.25) is 10.1 Å². The minimum absolute atomic E-state index is 0.191. The molecule has 0 spiro atoms. The minimum Gasteiger partial charge on any atom is -0.444 e. The number of carbonyl (C=O) groups excluding carboxylic acids is 2. The Bertz CT molecular complexity index is 622. The number of nitrogens with one attached hydrogen (secondary N) is 2. The zero-order chi connectivity index (χ0) is 20.4. The number of benzene rings is 1. The van der Waals surface area contributed by atoms with E-state index in [0.717, 1.165) is 0 Å². The van der Waals surface area contributed by atoms with Crippen molar-refractivity contribution in [3.05, 3.63) is 35.6 Å². The molecule has 0 bridgehead atoms. The summed E-state index contributed by atoms with van der Waals surface area (Å²) in [6.45, 7) is 5.75. The number of amides is 1. The van der Waals surface area contributed by atoms with Gasteiger partial charge in [0.2, 0.25) is 0 Å². The van der Waals surface area contributed by atoms with Crippen LogP contribution in [-0.4, -0.2) is 41.1 Å². The van der Waals surface area contributed by atoms with Gasteiger partial charge in [-0.1, -0.05) is 12.1 Å². The third kappa shape index (κ3) is 9.70. The van der Waals surface area contributed by atoms with Gasteiger partial charge in [-0.15, -0.1) is 11.6 Å². The fourth-order valence-corrected chi connectivity index (χ4v) is 2.56. The van der Waals surface area contributed by atoms with Gasteiger partial charge in [-0.05, 0) is 57.7 Å². The van der Waals surface area contributed by atoms with Crippen LogP contribution in [0.1, 0.15) is 51.8 Å². The van der Waals surface area contributed by atoms with Crippen LogP contribution in [0.2, 0.25) is 0 Å². The summed E-state index contributed by atoms with van der Waals surface area (Å²) in [5.41, 5.74) is -0.229. The molecular weight excluding hydrogens is 375 g/mol. The number of hydrogen-bond donors (Lipinski definition) is 3. The summed E-state index contributed by atoms with van der Waals surface area (Å²) in [7, 11) is 0. The summed E-state index contributed by atoms with van der Waals surface area (Å²) in [6.07, 6.45) is -0.00329. The van der Waals surface area contributed by atoms with Gasteiger partial charge in [0.25, 0.3) is 0 Å². The Balaban J connectivity index is 2.44. The van der Waals surface area contributed by atoms with E-state index in [2.05, 4.69) is 10.6 Å². The molecule has 27 heavy (non-hydrogen) atoms. The highest BCUT2D eigenvalue weighted by molar-refractivity contribution is 6.28. The van der Waals surface area contributed by atoms with Crippen LogP contribution in [0.5, 0.6) is 0 Å². The van der Waals surface area contributed by atoms with Crippen molar-refractivity contribution in [1.29, 1.82) is 0 Å². The summed E-state index contributed by atoms with van der Waals surface area (Å²) in [5, 5.41) is 15.6. The summed E-state index contributed by atoms with van der Waals surface area (Å²) in [4.78, 5) is 23.6. The van der Waals surface area contributed by atoms with E-state index < -0.39 is 29.8 Å². The van der Waals surface area contributed by atoms with Crippen molar-refractivity contribution in [1.82, 2.24) is 10.6 Å². The lowest BCUT2D eigenvalue weighted by Crippen LogP contribution is -2.40. The van der Waals surface area contributed by atoms with E-state index in [1.54, 1.807) is 26.8 Å². The third-order valence-corrected chi connectivity index (χ3v) is 3.90. The number of rotatable bonds is 10. The van der Waals surface area contributed by atoms with Crippen LogP contribution < -0.4 is 10.6 Å². The van der Waals surface area contributed by atoms with E-state index in [4.69, 9.17) is 16.3 Å². The Morgan fingerprint density at radius 1 is 1.30 bits per heavy atom. The highest BCUT2D eigenvalue weighted by Crippen LogP contribution is 2.14. The van der Waals surface area contributed by atoms with Crippen molar-refractivity contribution in [2.45, 2.75) is 57.9 Å². The summed E-state index contributed by atoms with van der Waals surface area (Å²) in [5.74, 6) is -0.919. The Hall–Kier alpha value is -1.70. The normalized spacial score (nSPS) is 13.7. The van der Waals surface area contributed by atoms with Gasteiger partial charge in [0.05, 0.1) is 11.9 Å². The smallest absolute Gasteiger partial charge is 0.407 e. The largest absolute Gasteiger partial charge is 0.444 e. The second kappa shape index (κ2) is 11.2. The zero-order valence-corrected chi connectivity index (χ0v) is 16.7. The van der Waals surface area contributed by atoms with Gasteiger partial charge >= 0.3 is 6.09 Å². The molecule has 0 fully saturated rings. The summed E-state index contributed by atoms with van der Waals surface area (Å²) in [6, 6.07) is 4.85. The molecule has 2 atom stereocenters. The molecule has 8 heteroatoms. The zero-order valence-electron chi connectivity index (χ0n) is 15.9. The Kier molecular flexibility index (Phi) is 9.69. The van der Waals surface area contributed by atoms with Gasteiger partial charge in [-0.25, -0.2) is 9.18 Å². The molecule has 6 nitrogen and oxygen atoms in total. The fraction of sp³-hybridized carbons (Fsp3) is 0.579. The average Bonchev–Trinajstić information content (AvgIpc) is 2.58. The first-order valence-corrected chi connectivity index (χ1v) is 9.41. The monoisotopic (exact) mass is 402 g/mol. The van der Waals surface area contributed by atoms with Crippen LogP contribution in [0.25, 0.3) is 0 Å².